The van der Waals surface area contributed by atoms with Gasteiger partial charge in [-0.15, -0.1) is 0 Å². The van der Waals surface area contributed by atoms with E-state index >= 15 is 0 Å². The number of anilines is 1. The highest BCUT2D eigenvalue weighted by molar-refractivity contribution is 7.20. The molecule has 3 aromatic carbocycles. The van der Waals surface area contributed by atoms with Crippen molar-refractivity contribution in [3.05, 3.63) is 91.0 Å². The van der Waals surface area contributed by atoms with Crippen LogP contribution < -0.4 is 15.4 Å². The highest BCUT2D eigenvalue weighted by Crippen LogP contribution is 2.45. The number of fused-ring (bicyclic) bond motifs is 3. The lowest BCUT2D eigenvalue weighted by molar-refractivity contribution is -0.145. The Kier molecular flexibility index (Phi) is 8.68. The molecule has 10 heteroatoms. The molecule has 0 unspecified atom stereocenters. The average molecular weight is 651 g/mol. The molecule has 1 saturated carbocycles. The Morgan fingerprint density at radius 2 is 1.74 bits per heavy atom. The summed E-state index contributed by atoms with van der Waals surface area (Å²) in [5.74, 6) is -1.99. The highest BCUT2D eigenvalue weighted by atomic mass is 32.1. The molecule has 7 rings (SSSR count). The summed E-state index contributed by atoms with van der Waals surface area (Å²) in [4.78, 5) is 46.9. The number of hydrogen-bond acceptors (Lipinski definition) is 7. The van der Waals surface area contributed by atoms with Gasteiger partial charge in [-0.1, -0.05) is 90.9 Å². The van der Waals surface area contributed by atoms with Crippen LogP contribution >= 0.6 is 11.3 Å². The van der Waals surface area contributed by atoms with Crippen molar-refractivity contribution in [2.75, 3.05) is 11.9 Å². The number of nitrogens with zero attached hydrogens (tertiary/aromatic N) is 2. The first-order valence-corrected chi connectivity index (χ1v) is 17.2. The molecule has 47 heavy (non-hydrogen) atoms. The molecule has 3 aliphatic rings. The number of thiazole rings is 1. The maximum absolute atomic E-state index is 14.4. The van der Waals surface area contributed by atoms with Crippen LogP contribution in [0.15, 0.2) is 91.0 Å². The first kappa shape index (κ1) is 30.9. The van der Waals surface area contributed by atoms with Gasteiger partial charge in [-0.3, -0.25) is 9.59 Å². The van der Waals surface area contributed by atoms with Crippen LogP contribution in [-0.2, 0) is 14.4 Å². The third-order valence-electron chi connectivity index (χ3n) is 9.50. The number of hydrogen-bond donors (Lipinski definition) is 3. The van der Waals surface area contributed by atoms with Gasteiger partial charge in [0.1, 0.15) is 23.7 Å². The number of carbonyl (C=O) groups is 3. The number of carboxylic acid groups (broad SMARTS) is 1. The van der Waals surface area contributed by atoms with Gasteiger partial charge in [0.05, 0.1) is 16.8 Å². The van der Waals surface area contributed by atoms with E-state index in [2.05, 4.69) is 27.8 Å². The molecule has 4 aromatic rings. The van der Waals surface area contributed by atoms with E-state index in [1.807, 2.05) is 78.9 Å². The molecule has 9 nitrogen and oxygen atoms in total. The number of allylic oxidation sites excluding steroid dienone is 1. The van der Waals surface area contributed by atoms with Crippen molar-refractivity contribution in [3.8, 4) is 16.3 Å². The van der Waals surface area contributed by atoms with Gasteiger partial charge in [0.15, 0.2) is 0 Å². The number of ether oxygens (including phenoxy) is 1. The van der Waals surface area contributed by atoms with Crippen LogP contribution in [0, 0.1) is 5.92 Å². The standard InChI is InChI=1S/C37H38N4O5S/c42-33-31-21-28(46-36-39-29-14-9-10-16-32(29)47-36)23-41(31)34(43)30(38-27-19-17-25(18-20-27)24-11-5-4-6-12-24)15-8-3-1-2-7-13-26-22-37(26,40-33)35(44)45/h4-7,9-14,16-20,26,28,30-31,38H,1-3,8,15,21-23H2,(H,40,42)(H,44,45)/b13-7-/t26-,28-,30+,31+,37-/m1/s1. The summed E-state index contributed by atoms with van der Waals surface area (Å²) in [6, 6.07) is 24.5. The Balaban J connectivity index is 1.16. The van der Waals surface area contributed by atoms with Crippen molar-refractivity contribution < 1.29 is 24.2 Å². The van der Waals surface area contributed by atoms with Crippen LogP contribution in [0.2, 0.25) is 0 Å². The lowest BCUT2D eigenvalue weighted by Crippen LogP contribution is -2.55. The molecule has 0 bridgehead atoms. The van der Waals surface area contributed by atoms with E-state index in [9.17, 15) is 19.5 Å². The lowest BCUT2D eigenvalue weighted by Gasteiger charge is -2.30. The second-order valence-electron chi connectivity index (χ2n) is 12.7. The Labute approximate surface area is 277 Å². The zero-order chi connectivity index (χ0) is 32.4. The molecule has 0 spiro atoms. The van der Waals surface area contributed by atoms with E-state index in [-0.39, 0.29) is 24.8 Å². The fourth-order valence-corrected chi connectivity index (χ4v) is 7.66. The number of carbonyl (C=O) groups excluding carboxylic acids is 2. The normalized spacial score (nSPS) is 27.1. The van der Waals surface area contributed by atoms with Crippen LogP contribution in [0.25, 0.3) is 21.3 Å². The quantitative estimate of drug-likeness (QED) is 0.210. The molecule has 1 saturated heterocycles. The number of carboxylic acids is 1. The number of aromatic nitrogens is 1. The second-order valence-corrected chi connectivity index (χ2v) is 13.7. The third kappa shape index (κ3) is 6.60. The zero-order valence-corrected chi connectivity index (χ0v) is 26.8. The van der Waals surface area contributed by atoms with Gasteiger partial charge in [0, 0.05) is 18.0 Å². The Bertz CT molecular complexity index is 1760. The SMILES string of the molecule is O=C1N[C@]2(C(=O)O)C[C@H]2/C=C\CCCCC[C@H](Nc2ccc(-c3ccccc3)cc2)C(=O)N2C[C@H](Oc3nc4ccccc4s3)C[C@@H]12. The molecular weight excluding hydrogens is 612 g/mol. The van der Waals surface area contributed by atoms with Gasteiger partial charge in [-0.25, -0.2) is 9.78 Å². The minimum absolute atomic E-state index is 0.196. The van der Waals surface area contributed by atoms with Crippen molar-refractivity contribution >= 4 is 45.0 Å². The van der Waals surface area contributed by atoms with Gasteiger partial charge in [-0.2, -0.15) is 0 Å². The largest absolute Gasteiger partial charge is 0.479 e. The smallest absolute Gasteiger partial charge is 0.330 e. The number of benzene rings is 3. The van der Waals surface area contributed by atoms with E-state index < -0.39 is 35.6 Å². The predicted octanol–water partition coefficient (Wildman–Crippen LogP) is 6.27. The van der Waals surface area contributed by atoms with Crippen LogP contribution in [0.1, 0.15) is 44.9 Å². The monoisotopic (exact) mass is 650 g/mol. The van der Waals surface area contributed by atoms with Crippen LogP contribution in [0.5, 0.6) is 5.19 Å². The molecule has 1 aliphatic carbocycles. The number of amides is 2. The molecule has 2 amide bonds. The maximum Gasteiger partial charge on any atom is 0.330 e. The van der Waals surface area contributed by atoms with E-state index in [1.54, 1.807) is 4.90 Å². The maximum atomic E-state index is 14.4. The van der Waals surface area contributed by atoms with Gasteiger partial charge in [-0.05, 0) is 61.1 Å². The predicted molar refractivity (Wildman–Crippen MR) is 182 cm³/mol. The number of rotatable bonds is 6. The average Bonchev–Trinajstić information content (AvgIpc) is 3.39. The van der Waals surface area contributed by atoms with E-state index in [0.717, 1.165) is 52.7 Å². The molecule has 3 heterocycles. The summed E-state index contributed by atoms with van der Waals surface area (Å²) in [6.45, 7) is 0.196. The minimum Gasteiger partial charge on any atom is -0.479 e. The van der Waals surface area contributed by atoms with E-state index in [1.165, 1.54) is 11.3 Å². The van der Waals surface area contributed by atoms with Crippen molar-refractivity contribution in [2.45, 2.75) is 68.7 Å². The Hall–Kier alpha value is -4.70. The topological polar surface area (TPSA) is 121 Å². The molecular formula is C37H38N4O5S. The number of para-hydroxylation sites is 1. The molecule has 2 fully saturated rings. The van der Waals surface area contributed by atoms with E-state index in [0.29, 0.717) is 18.0 Å². The zero-order valence-electron chi connectivity index (χ0n) is 26.0. The van der Waals surface area contributed by atoms with Crippen LogP contribution in [0.4, 0.5) is 5.69 Å². The Morgan fingerprint density at radius 1 is 0.979 bits per heavy atom. The summed E-state index contributed by atoms with van der Waals surface area (Å²) >= 11 is 1.42. The molecule has 1 aromatic heterocycles. The fourth-order valence-electron chi connectivity index (χ4n) is 6.78. The highest BCUT2D eigenvalue weighted by Gasteiger charge is 2.61. The molecule has 5 atom stereocenters. The molecule has 3 N–H and O–H groups in total. The minimum atomic E-state index is -1.35. The first-order chi connectivity index (χ1) is 22.9. The van der Waals surface area contributed by atoms with E-state index in [4.69, 9.17) is 4.74 Å². The van der Waals surface area contributed by atoms with Crippen molar-refractivity contribution in [2.24, 2.45) is 5.92 Å². The van der Waals surface area contributed by atoms with Gasteiger partial charge >= 0.3 is 5.97 Å². The molecule has 0 radical (unpaired) electrons. The summed E-state index contributed by atoms with van der Waals surface area (Å²) in [5.41, 5.74) is 2.48. The van der Waals surface area contributed by atoms with Crippen molar-refractivity contribution in [1.82, 2.24) is 15.2 Å². The van der Waals surface area contributed by atoms with Crippen LogP contribution in [0.3, 0.4) is 0 Å². The summed E-state index contributed by atoms with van der Waals surface area (Å²) in [6.07, 6.45) is 8.17. The lowest BCUT2D eigenvalue weighted by atomic mass is 10.0. The molecule has 2 aliphatic heterocycles. The summed E-state index contributed by atoms with van der Waals surface area (Å²) in [7, 11) is 0. The van der Waals surface area contributed by atoms with Gasteiger partial charge in [0.2, 0.25) is 11.8 Å². The fraction of sp³-hybridized carbons (Fsp3) is 0.351. The third-order valence-corrected chi connectivity index (χ3v) is 10.4. The second kappa shape index (κ2) is 13.2. The molecule has 242 valence electrons. The summed E-state index contributed by atoms with van der Waals surface area (Å²) < 4.78 is 7.29. The van der Waals surface area contributed by atoms with Gasteiger partial charge < -0.3 is 25.4 Å². The van der Waals surface area contributed by atoms with Gasteiger partial charge in [0.25, 0.3) is 5.19 Å². The first-order valence-electron chi connectivity index (χ1n) is 16.4. The summed E-state index contributed by atoms with van der Waals surface area (Å²) in [5, 5.41) is 16.9. The number of nitrogens with one attached hydrogen (secondary N) is 2. The van der Waals surface area contributed by atoms with Crippen molar-refractivity contribution in [3.63, 3.8) is 0 Å². The van der Waals surface area contributed by atoms with Crippen molar-refractivity contribution in [1.29, 1.82) is 0 Å². The van der Waals surface area contributed by atoms with Crippen LogP contribution in [-0.4, -0.2) is 63.0 Å². The Morgan fingerprint density at radius 3 is 2.53 bits per heavy atom. The number of aliphatic carboxylic acids is 1.